The molecule has 4 atom stereocenters. The van der Waals surface area contributed by atoms with Crippen LogP contribution in [0, 0.1) is 0 Å². The Hall–Kier alpha value is -1.71. The number of rotatable bonds is 4. The number of benzene rings is 1. The fourth-order valence-corrected chi connectivity index (χ4v) is 4.87. The first-order chi connectivity index (χ1) is 13.5. The van der Waals surface area contributed by atoms with Gasteiger partial charge in [0.15, 0.2) is 22.8 Å². The van der Waals surface area contributed by atoms with Gasteiger partial charge in [0, 0.05) is 10.6 Å². The van der Waals surface area contributed by atoms with Gasteiger partial charge in [0.2, 0.25) is 0 Å². The van der Waals surface area contributed by atoms with Crippen LogP contribution in [0.1, 0.15) is 20.1 Å². The van der Waals surface area contributed by atoms with E-state index in [1.807, 2.05) is 36.6 Å². The summed E-state index contributed by atoms with van der Waals surface area (Å²) in [5.41, 5.74) is 1.16. The second-order valence-corrected chi connectivity index (χ2v) is 8.69. The van der Waals surface area contributed by atoms with Crippen LogP contribution >= 0.6 is 23.4 Å². The van der Waals surface area contributed by atoms with Gasteiger partial charge in [-0.15, -0.1) is 11.8 Å². The smallest absolute Gasteiger partial charge is 0.167 e. The molecule has 0 saturated carbocycles. The Bertz CT molecular complexity index is 999. The monoisotopic (exact) mass is 418 g/mol. The number of nitrogens with zero attached hydrogens (tertiary/aromatic N) is 4. The molecule has 0 aliphatic carbocycles. The minimum absolute atomic E-state index is 0.128. The Morgan fingerprint density at radius 1 is 1.11 bits per heavy atom. The van der Waals surface area contributed by atoms with Crippen LogP contribution < -0.4 is 0 Å². The number of fused-ring (bicyclic) bond motifs is 2. The van der Waals surface area contributed by atoms with Crippen LogP contribution in [-0.2, 0) is 14.2 Å². The van der Waals surface area contributed by atoms with E-state index in [1.165, 1.54) is 11.2 Å². The van der Waals surface area contributed by atoms with Gasteiger partial charge in [0.1, 0.15) is 24.1 Å². The number of aromatic nitrogens is 4. The molecular weight excluding hydrogens is 400 g/mol. The van der Waals surface area contributed by atoms with Crippen LogP contribution in [0.2, 0.25) is 5.15 Å². The predicted molar refractivity (Wildman–Crippen MR) is 105 cm³/mol. The SMILES string of the molecule is CC1(C)O[C@@H]2[C@@H](O1)[C@@H](CSc1ccccc1)O[C@H]2n1cnc2c(Cl)ncnc21. The Labute approximate surface area is 171 Å². The van der Waals surface area contributed by atoms with E-state index in [-0.39, 0.29) is 18.3 Å². The van der Waals surface area contributed by atoms with Crippen molar-refractivity contribution in [1.82, 2.24) is 19.5 Å². The van der Waals surface area contributed by atoms with E-state index in [9.17, 15) is 0 Å². The largest absolute Gasteiger partial charge is 0.348 e. The molecule has 0 amide bonds. The number of hydrogen-bond donors (Lipinski definition) is 0. The summed E-state index contributed by atoms with van der Waals surface area (Å²) in [5.74, 6) is 0.0829. The second kappa shape index (κ2) is 6.96. The molecule has 0 spiro atoms. The van der Waals surface area contributed by atoms with Crippen LogP contribution in [0.5, 0.6) is 0 Å². The molecule has 3 aromatic rings. The van der Waals surface area contributed by atoms with Gasteiger partial charge in [0.05, 0.1) is 12.4 Å². The third-order valence-corrected chi connectivity index (χ3v) is 6.25. The molecule has 1 aromatic carbocycles. The van der Waals surface area contributed by atoms with Crippen LogP contribution in [0.25, 0.3) is 11.2 Å². The minimum Gasteiger partial charge on any atom is -0.348 e. The van der Waals surface area contributed by atoms with Crippen molar-refractivity contribution >= 4 is 34.5 Å². The molecule has 2 aliphatic heterocycles. The zero-order valence-electron chi connectivity index (χ0n) is 15.4. The van der Waals surface area contributed by atoms with Crippen molar-refractivity contribution in [3.8, 4) is 0 Å². The van der Waals surface area contributed by atoms with E-state index in [0.29, 0.717) is 16.3 Å². The van der Waals surface area contributed by atoms with Crippen molar-refractivity contribution in [1.29, 1.82) is 0 Å². The van der Waals surface area contributed by atoms with Crippen molar-refractivity contribution in [3.05, 3.63) is 48.1 Å². The average Bonchev–Trinajstić information content (AvgIpc) is 3.33. The van der Waals surface area contributed by atoms with Gasteiger partial charge < -0.3 is 14.2 Å². The molecule has 2 saturated heterocycles. The Morgan fingerprint density at radius 3 is 2.71 bits per heavy atom. The van der Waals surface area contributed by atoms with Crippen LogP contribution in [-0.4, -0.2) is 49.4 Å². The summed E-state index contributed by atoms with van der Waals surface area (Å²) in [6, 6.07) is 10.3. The lowest BCUT2D eigenvalue weighted by Gasteiger charge is -2.24. The van der Waals surface area contributed by atoms with E-state index >= 15 is 0 Å². The minimum atomic E-state index is -0.671. The van der Waals surface area contributed by atoms with Gasteiger partial charge >= 0.3 is 0 Å². The summed E-state index contributed by atoms with van der Waals surface area (Å²) in [4.78, 5) is 13.9. The standard InChI is InChI=1S/C19H19ClN4O3S/c1-19(2)26-14-12(8-28-11-6-4-3-5-7-11)25-18(15(14)27-19)24-10-23-13-16(20)21-9-22-17(13)24/h3-7,9-10,12,14-15,18H,8H2,1-2H3/t12-,14+,15-,18-/m1/s1. The average molecular weight is 419 g/mol. The molecular formula is C19H19ClN4O3S. The van der Waals surface area contributed by atoms with Gasteiger partial charge in [-0.25, -0.2) is 15.0 Å². The number of ether oxygens (including phenoxy) is 3. The highest BCUT2D eigenvalue weighted by Gasteiger charge is 2.56. The molecule has 5 rings (SSSR count). The molecule has 0 unspecified atom stereocenters. The Balaban J connectivity index is 1.44. The van der Waals surface area contributed by atoms with Gasteiger partial charge in [-0.1, -0.05) is 29.8 Å². The number of thioether (sulfide) groups is 1. The maximum atomic E-state index is 6.38. The van der Waals surface area contributed by atoms with Crippen LogP contribution in [0.4, 0.5) is 0 Å². The van der Waals surface area contributed by atoms with Gasteiger partial charge in [-0.05, 0) is 26.0 Å². The van der Waals surface area contributed by atoms with E-state index in [0.717, 1.165) is 5.75 Å². The molecule has 4 heterocycles. The highest BCUT2D eigenvalue weighted by atomic mass is 35.5. The maximum Gasteiger partial charge on any atom is 0.167 e. The normalized spacial score (nSPS) is 28.7. The highest BCUT2D eigenvalue weighted by molar-refractivity contribution is 7.99. The Kier molecular flexibility index (Phi) is 4.56. The van der Waals surface area contributed by atoms with Gasteiger partial charge in [0.25, 0.3) is 0 Å². The van der Waals surface area contributed by atoms with Crippen LogP contribution in [0.15, 0.2) is 47.9 Å². The summed E-state index contributed by atoms with van der Waals surface area (Å²) in [7, 11) is 0. The summed E-state index contributed by atoms with van der Waals surface area (Å²) in [6.45, 7) is 3.85. The molecule has 2 aromatic heterocycles. The molecule has 28 heavy (non-hydrogen) atoms. The molecule has 2 aliphatic rings. The first-order valence-electron chi connectivity index (χ1n) is 9.04. The zero-order valence-corrected chi connectivity index (χ0v) is 16.9. The quantitative estimate of drug-likeness (QED) is 0.472. The molecule has 0 radical (unpaired) electrons. The van der Waals surface area contributed by atoms with Crippen molar-refractivity contribution in [2.75, 3.05) is 5.75 Å². The fourth-order valence-electron chi connectivity index (χ4n) is 3.72. The number of halogens is 1. The second-order valence-electron chi connectivity index (χ2n) is 7.24. The molecule has 0 bridgehead atoms. The molecule has 146 valence electrons. The lowest BCUT2D eigenvalue weighted by atomic mass is 10.1. The highest BCUT2D eigenvalue weighted by Crippen LogP contribution is 2.45. The molecule has 9 heteroatoms. The van der Waals surface area contributed by atoms with Crippen molar-refractivity contribution in [2.45, 2.75) is 49.1 Å². The van der Waals surface area contributed by atoms with E-state index in [2.05, 4.69) is 27.1 Å². The van der Waals surface area contributed by atoms with E-state index in [1.54, 1.807) is 18.1 Å². The van der Waals surface area contributed by atoms with Crippen molar-refractivity contribution in [3.63, 3.8) is 0 Å². The summed E-state index contributed by atoms with van der Waals surface area (Å²) < 4.78 is 20.6. The third kappa shape index (κ3) is 3.19. The van der Waals surface area contributed by atoms with E-state index in [4.69, 9.17) is 25.8 Å². The fraction of sp³-hybridized carbons (Fsp3) is 0.421. The summed E-state index contributed by atoms with van der Waals surface area (Å²) in [6.07, 6.45) is 2.14. The first-order valence-corrected chi connectivity index (χ1v) is 10.4. The van der Waals surface area contributed by atoms with Crippen molar-refractivity contribution in [2.24, 2.45) is 0 Å². The number of hydrogen-bond acceptors (Lipinski definition) is 7. The summed E-state index contributed by atoms with van der Waals surface area (Å²) >= 11 is 7.89. The zero-order chi connectivity index (χ0) is 19.3. The van der Waals surface area contributed by atoms with Crippen molar-refractivity contribution < 1.29 is 14.2 Å². The van der Waals surface area contributed by atoms with Crippen LogP contribution in [0.3, 0.4) is 0 Å². The topological polar surface area (TPSA) is 71.3 Å². The summed E-state index contributed by atoms with van der Waals surface area (Å²) in [5, 5.41) is 0.318. The lowest BCUT2D eigenvalue weighted by Crippen LogP contribution is -2.31. The van der Waals surface area contributed by atoms with E-state index < -0.39 is 12.0 Å². The Morgan fingerprint density at radius 2 is 1.89 bits per heavy atom. The maximum absolute atomic E-state index is 6.38. The molecule has 0 N–H and O–H groups in total. The predicted octanol–water partition coefficient (Wildman–Crippen LogP) is 3.69. The lowest BCUT2D eigenvalue weighted by molar-refractivity contribution is -0.193. The van der Waals surface area contributed by atoms with Gasteiger partial charge in [-0.2, -0.15) is 0 Å². The molecule has 2 fully saturated rings. The molecule has 7 nitrogen and oxygen atoms in total. The first kappa shape index (κ1) is 18.3. The third-order valence-electron chi connectivity index (χ3n) is 4.87. The number of imidazole rings is 1. The van der Waals surface area contributed by atoms with Gasteiger partial charge in [-0.3, -0.25) is 4.57 Å².